The first-order chi connectivity index (χ1) is 25.3. The van der Waals surface area contributed by atoms with E-state index in [2.05, 4.69) is 13.8 Å². The Kier molecular flexibility index (Phi) is 31.4. The maximum Gasteiger partial charge on any atom is 0.306 e. The van der Waals surface area contributed by atoms with Crippen molar-refractivity contribution in [1.82, 2.24) is 0 Å². The number of esters is 2. The molecule has 4 N–H and O–H groups in total. The molecule has 1 fully saturated rings. The molecule has 1 rings (SSSR count). The van der Waals surface area contributed by atoms with Gasteiger partial charge >= 0.3 is 11.9 Å². The van der Waals surface area contributed by atoms with Crippen LogP contribution in [0.2, 0.25) is 0 Å². The van der Waals surface area contributed by atoms with Crippen molar-refractivity contribution in [2.24, 2.45) is 11.8 Å². The number of aliphatic hydroxyl groups excluding tert-OH is 4. The average Bonchev–Trinajstić information content (AvgIpc) is 3.40. The Balaban J connectivity index is 2.06. The molecule has 0 radical (unpaired) electrons. The second-order valence-electron chi connectivity index (χ2n) is 15.4. The highest BCUT2D eigenvalue weighted by Gasteiger charge is 2.39. The van der Waals surface area contributed by atoms with Gasteiger partial charge in [0, 0.05) is 25.2 Å². The summed E-state index contributed by atoms with van der Waals surface area (Å²) < 4.78 is 10.6. The van der Waals surface area contributed by atoms with Gasteiger partial charge in [-0.1, -0.05) is 167 Å². The highest BCUT2D eigenvalue weighted by atomic mass is 16.6. The van der Waals surface area contributed by atoms with Crippen LogP contribution >= 0.6 is 0 Å². The minimum atomic E-state index is -0.863. The first-order valence-electron chi connectivity index (χ1n) is 21.7. The largest absolute Gasteiger partial charge is 0.462 e. The van der Waals surface area contributed by atoms with E-state index in [9.17, 15) is 30.0 Å². The van der Waals surface area contributed by atoms with Crippen LogP contribution < -0.4 is 0 Å². The Morgan fingerprint density at radius 2 is 1.19 bits per heavy atom. The van der Waals surface area contributed by atoms with Gasteiger partial charge in [0.05, 0.1) is 24.9 Å². The zero-order valence-electron chi connectivity index (χ0n) is 33.4. The molecule has 1 saturated carbocycles. The predicted octanol–water partition coefficient (Wildman–Crippen LogP) is 9.84. The molecule has 6 atom stereocenters. The number of hydrogen-bond acceptors (Lipinski definition) is 8. The molecule has 52 heavy (non-hydrogen) atoms. The number of aliphatic hydroxyl groups is 4. The van der Waals surface area contributed by atoms with E-state index in [1.165, 1.54) is 96.3 Å². The highest BCUT2D eigenvalue weighted by molar-refractivity contribution is 5.70. The topological polar surface area (TPSA) is 134 Å². The van der Waals surface area contributed by atoms with E-state index < -0.39 is 37.0 Å². The van der Waals surface area contributed by atoms with Crippen LogP contribution in [0.25, 0.3) is 0 Å². The van der Waals surface area contributed by atoms with Crippen LogP contribution in [0, 0.1) is 11.8 Å². The molecular weight excluding hydrogens is 656 g/mol. The number of hydrogen-bond donors (Lipinski definition) is 4. The Hall–Kier alpha value is -1.74. The molecule has 0 aliphatic heterocycles. The minimum absolute atomic E-state index is 0.123. The van der Waals surface area contributed by atoms with Crippen LogP contribution in [-0.2, 0) is 19.1 Å². The fraction of sp³-hybridized carbons (Fsp3) is 0.864. The van der Waals surface area contributed by atoms with Gasteiger partial charge in [0.15, 0.2) is 6.10 Å². The smallest absolute Gasteiger partial charge is 0.306 e. The third-order valence-electron chi connectivity index (χ3n) is 10.6. The van der Waals surface area contributed by atoms with Crippen LogP contribution in [0.1, 0.15) is 194 Å². The average molecular weight is 737 g/mol. The van der Waals surface area contributed by atoms with Crippen molar-refractivity contribution in [2.75, 3.05) is 13.2 Å². The van der Waals surface area contributed by atoms with E-state index >= 15 is 0 Å². The van der Waals surface area contributed by atoms with Crippen molar-refractivity contribution >= 4 is 11.9 Å². The lowest BCUT2D eigenvalue weighted by Gasteiger charge is -2.19. The number of rotatable bonds is 35. The Bertz CT molecular complexity index is 905. The van der Waals surface area contributed by atoms with Gasteiger partial charge in [-0.15, -0.1) is 0 Å². The molecule has 0 heterocycles. The van der Waals surface area contributed by atoms with Gasteiger partial charge in [0.2, 0.25) is 0 Å². The molecule has 0 aromatic carbocycles. The molecule has 0 bridgehead atoms. The van der Waals surface area contributed by atoms with Gasteiger partial charge in [-0.05, 0) is 38.0 Å². The minimum Gasteiger partial charge on any atom is -0.462 e. The first kappa shape index (κ1) is 48.3. The molecule has 1 aliphatic carbocycles. The van der Waals surface area contributed by atoms with Crippen LogP contribution in [0.4, 0.5) is 0 Å². The lowest BCUT2D eigenvalue weighted by Crippen LogP contribution is -2.28. The summed E-state index contributed by atoms with van der Waals surface area (Å²) in [4.78, 5) is 24.5. The van der Waals surface area contributed by atoms with E-state index in [-0.39, 0.29) is 30.8 Å². The monoisotopic (exact) mass is 737 g/mol. The Labute approximate surface area is 318 Å². The lowest BCUT2D eigenvalue weighted by atomic mass is 9.89. The maximum absolute atomic E-state index is 12.3. The normalized spacial score (nSPS) is 20.2. The molecule has 304 valence electrons. The van der Waals surface area contributed by atoms with E-state index in [1.807, 2.05) is 18.2 Å². The van der Waals surface area contributed by atoms with Crippen molar-refractivity contribution in [3.8, 4) is 0 Å². The zero-order valence-corrected chi connectivity index (χ0v) is 33.4. The summed E-state index contributed by atoms with van der Waals surface area (Å²) in [6, 6.07) is 0. The van der Waals surface area contributed by atoms with Gasteiger partial charge < -0.3 is 29.9 Å². The van der Waals surface area contributed by atoms with Crippen molar-refractivity contribution in [3.05, 3.63) is 24.3 Å². The number of ether oxygens (including phenoxy) is 2. The molecule has 0 spiro atoms. The molecule has 0 aromatic heterocycles. The molecule has 0 amide bonds. The summed E-state index contributed by atoms with van der Waals surface area (Å²) in [5.74, 6) is -1.09. The maximum atomic E-state index is 12.3. The van der Waals surface area contributed by atoms with E-state index in [0.717, 1.165) is 38.5 Å². The number of allylic oxidation sites excluding steroid dienone is 2. The van der Waals surface area contributed by atoms with E-state index in [4.69, 9.17) is 9.47 Å². The van der Waals surface area contributed by atoms with Gasteiger partial charge in [-0.2, -0.15) is 0 Å². The molecule has 8 nitrogen and oxygen atoms in total. The van der Waals surface area contributed by atoms with Crippen LogP contribution in [0.5, 0.6) is 0 Å². The highest BCUT2D eigenvalue weighted by Crippen LogP contribution is 2.36. The summed E-state index contributed by atoms with van der Waals surface area (Å²) in [6.45, 7) is 3.85. The van der Waals surface area contributed by atoms with Gasteiger partial charge in [0.25, 0.3) is 0 Å². The molecule has 0 aromatic rings. The fourth-order valence-electron chi connectivity index (χ4n) is 7.20. The van der Waals surface area contributed by atoms with Gasteiger partial charge in [0.1, 0.15) is 6.61 Å². The summed E-state index contributed by atoms with van der Waals surface area (Å²) in [6.07, 6.45) is 34.8. The predicted molar refractivity (Wildman–Crippen MR) is 212 cm³/mol. The van der Waals surface area contributed by atoms with E-state index in [1.54, 1.807) is 6.08 Å². The summed E-state index contributed by atoms with van der Waals surface area (Å²) in [5, 5.41) is 40.7. The van der Waals surface area contributed by atoms with Crippen molar-refractivity contribution in [1.29, 1.82) is 0 Å². The standard InChI is InChI=1S/C44H80O8/c1-3-5-7-8-9-10-11-12-13-14-15-16-17-18-19-20-21-26-30-43(49)51-36-38(35-45)52-44(50)31-27-23-22-25-29-39-40(42(48)34-41(39)47)33-32-37(46)28-24-6-4-2/h22,25,32-33,37-42,45-48H,3-21,23-24,26-31,34-36H2,1-2H3/b25-22+,33-32+/t37-,38-,39+,40+,41-,42+/m0/s1. The van der Waals surface area contributed by atoms with Crippen LogP contribution in [0.15, 0.2) is 24.3 Å². The molecule has 0 saturated heterocycles. The second-order valence-corrected chi connectivity index (χ2v) is 15.4. The fourth-order valence-corrected chi connectivity index (χ4v) is 7.20. The van der Waals surface area contributed by atoms with Crippen molar-refractivity contribution < 1.29 is 39.5 Å². The third-order valence-corrected chi connectivity index (χ3v) is 10.6. The lowest BCUT2D eigenvalue weighted by molar-refractivity contribution is -0.161. The van der Waals surface area contributed by atoms with Crippen LogP contribution in [0.3, 0.4) is 0 Å². The number of carbonyl (C=O) groups is 2. The number of carbonyl (C=O) groups excluding carboxylic acids is 2. The summed E-state index contributed by atoms with van der Waals surface area (Å²) in [5.41, 5.74) is 0. The molecular formula is C44H80O8. The van der Waals surface area contributed by atoms with Gasteiger partial charge in [-0.3, -0.25) is 9.59 Å². The summed E-state index contributed by atoms with van der Waals surface area (Å²) >= 11 is 0. The van der Waals surface area contributed by atoms with Crippen LogP contribution in [-0.4, -0.2) is 70.0 Å². The SMILES string of the molecule is CCCCCCCCCCCCCCCCCCCCC(=O)OC[C@H](CO)OC(=O)CCC/C=C/C[C@@H]1[C@@H](/C=C/[C@@H](O)CCCCC)[C@H](O)C[C@@H]1O. The van der Waals surface area contributed by atoms with E-state index in [0.29, 0.717) is 38.5 Å². The number of unbranched alkanes of at least 4 members (excludes halogenated alkanes) is 20. The quantitative estimate of drug-likeness (QED) is 0.0287. The Morgan fingerprint density at radius 3 is 1.75 bits per heavy atom. The molecule has 0 unspecified atom stereocenters. The Morgan fingerprint density at radius 1 is 0.673 bits per heavy atom. The second kappa shape index (κ2) is 33.8. The molecule has 8 heteroatoms. The summed E-state index contributed by atoms with van der Waals surface area (Å²) in [7, 11) is 0. The van der Waals surface area contributed by atoms with Gasteiger partial charge in [-0.25, -0.2) is 0 Å². The molecule has 1 aliphatic rings. The van der Waals surface area contributed by atoms with Crippen molar-refractivity contribution in [3.63, 3.8) is 0 Å². The zero-order chi connectivity index (χ0) is 38.1. The first-order valence-corrected chi connectivity index (χ1v) is 21.7. The third kappa shape index (κ3) is 26.1. The van der Waals surface area contributed by atoms with Crippen molar-refractivity contribution in [2.45, 2.75) is 218 Å².